The lowest BCUT2D eigenvalue weighted by atomic mass is 9.98. The van der Waals surface area contributed by atoms with Crippen LogP contribution in [-0.4, -0.2) is 81.8 Å². The second-order valence-electron chi connectivity index (χ2n) is 11.7. The van der Waals surface area contributed by atoms with Gasteiger partial charge in [0, 0.05) is 12.0 Å². The van der Waals surface area contributed by atoms with Crippen LogP contribution in [0.15, 0.2) is 73.1 Å². The van der Waals surface area contributed by atoms with E-state index in [4.69, 9.17) is 4.74 Å². The lowest BCUT2D eigenvalue weighted by Crippen LogP contribution is -2.44. The summed E-state index contributed by atoms with van der Waals surface area (Å²) in [4.78, 5) is 44.0. The highest BCUT2D eigenvalue weighted by atomic mass is 16.5. The van der Waals surface area contributed by atoms with E-state index in [-0.39, 0.29) is 24.4 Å². The molecule has 47 heavy (non-hydrogen) atoms. The highest BCUT2D eigenvalue weighted by Crippen LogP contribution is 2.34. The Morgan fingerprint density at radius 2 is 1.79 bits per heavy atom. The molecule has 0 radical (unpaired) electrons. The Labute approximate surface area is 270 Å². The monoisotopic (exact) mass is 637 g/mol. The Morgan fingerprint density at radius 1 is 1.00 bits per heavy atom. The second kappa shape index (κ2) is 13.8. The number of ether oxygens (including phenoxy) is 1. The summed E-state index contributed by atoms with van der Waals surface area (Å²) in [5, 5.41) is 33.8. The van der Waals surface area contributed by atoms with Crippen molar-refractivity contribution in [2.24, 2.45) is 0 Å². The van der Waals surface area contributed by atoms with E-state index in [1.807, 2.05) is 47.0 Å². The minimum absolute atomic E-state index is 0.0889. The summed E-state index contributed by atoms with van der Waals surface area (Å²) in [6.07, 6.45) is 5.54. The molecule has 5 aromatic rings. The molecule has 3 N–H and O–H groups in total. The number of nitrogens with one attached hydrogen (secondary N) is 1. The maximum Gasteiger partial charge on any atom is 0.335 e. The number of carbonyl (C=O) groups excluding carboxylic acids is 1. The number of rotatable bonds is 13. The number of aromatic carboxylic acids is 1. The van der Waals surface area contributed by atoms with Gasteiger partial charge in [-0.15, -0.1) is 10.2 Å². The van der Waals surface area contributed by atoms with Crippen molar-refractivity contribution in [2.45, 2.75) is 63.6 Å². The van der Waals surface area contributed by atoms with Gasteiger partial charge in [0.15, 0.2) is 0 Å². The predicted molar refractivity (Wildman–Crippen MR) is 172 cm³/mol. The van der Waals surface area contributed by atoms with Crippen LogP contribution in [-0.2, 0) is 9.59 Å². The van der Waals surface area contributed by atoms with E-state index in [0.717, 1.165) is 47.9 Å². The molecular weight excluding hydrogens is 602 g/mol. The third-order valence-corrected chi connectivity index (χ3v) is 8.59. The summed E-state index contributed by atoms with van der Waals surface area (Å²) in [5.74, 6) is -1.57. The smallest absolute Gasteiger partial charge is 0.335 e. The van der Waals surface area contributed by atoms with Crippen molar-refractivity contribution in [1.29, 1.82) is 0 Å². The number of aromatic nitrogens is 6. The standard InChI is InChI=1S/C34H35N7O6/c1-2-3-4-5-10-29(32(42)40-19-24(18-30(40)34(45)46)47-23-14-11-21(12-15-23)33(43)44)41-20-35-27-17-22(13-16-28(27)41)25-8-6-7-9-26(25)31-36-38-39-37-31/h6-9,11-17,20,24,29-30H,2-5,10,18-19H2,1H3,(H,43,44)(H,45,46)(H,36,37,38,39)/t24-,29?,30-/m0/s1. The van der Waals surface area contributed by atoms with Crippen LogP contribution in [0.1, 0.15) is 61.8 Å². The maximum absolute atomic E-state index is 14.3. The largest absolute Gasteiger partial charge is 0.488 e. The number of imidazole rings is 1. The van der Waals surface area contributed by atoms with Gasteiger partial charge in [-0.3, -0.25) is 4.79 Å². The molecule has 1 aliphatic rings. The number of fused-ring (bicyclic) bond motifs is 1. The zero-order chi connectivity index (χ0) is 32.9. The van der Waals surface area contributed by atoms with Gasteiger partial charge in [-0.25, -0.2) is 14.6 Å². The van der Waals surface area contributed by atoms with Crippen molar-refractivity contribution < 1.29 is 29.3 Å². The van der Waals surface area contributed by atoms with Crippen LogP contribution in [0.2, 0.25) is 0 Å². The van der Waals surface area contributed by atoms with Crippen molar-refractivity contribution in [2.75, 3.05) is 6.54 Å². The number of hydrogen-bond acceptors (Lipinski definition) is 8. The number of aromatic amines is 1. The molecule has 1 saturated heterocycles. The van der Waals surface area contributed by atoms with Gasteiger partial charge < -0.3 is 24.4 Å². The number of aliphatic carboxylic acids is 1. The number of carboxylic acids is 2. The third-order valence-electron chi connectivity index (χ3n) is 8.59. The predicted octanol–water partition coefficient (Wildman–Crippen LogP) is 5.23. The van der Waals surface area contributed by atoms with Crippen LogP contribution in [0.3, 0.4) is 0 Å². The maximum atomic E-state index is 14.3. The second-order valence-corrected chi connectivity index (χ2v) is 11.7. The number of benzene rings is 3. The van der Waals surface area contributed by atoms with Crippen molar-refractivity contribution in [3.63, 3.8) is 0 Å². The van der Waals surface area contributed by atoms with Gasteiger partial charge in [-0.05, 0) is 59.2 Å². The van der Waals surface area contributed by atoms with E-state index in [9.17, 15) is 24.6 Å². The average Bonchev–Trinajstić information content (AvgIpc) is 3.85. The van der Waals surface area contributed by atoms with Crippen LogP contribution in [0.25, 0.3) is 33.5 Å². The van der Waals surface area contributed by atoms with Crippen molar-refractivity contribution in [1.82, 2.24) is 35.1 Å². The molecule has 3 heterocycles. The Bertz CT molecular complexity index is 1870. The zero-order valence-corrected chi connectivity index (χ0v) is 25.8. The van der Waals surface area contributed by atoms with E-state index in [2.05, 4.69) is 32.5 Å². The first-order chi connectivity index (χ1) is 22.8. The first-order valence-electron chi connectivity index (χ1n) is 15.7. The summed E-state index contributed by atoms with van der Waals surface area (Å²) >= 11 is 0. The molecule has 0 spiro atoms. The molecule has 1 aliphatic heterocycles. The molecule has 242 valence electrons. The van der Waals surface area contributed by atoms with Gasteiger partial charge in [0.2, 0.25) is 11.7 Å². The van der Waals surface area contributed by atoms with Crippen molar-refractivity contribution in [3.05, 3.63) is 78.6 Å². The minimum atomic E-state index is -1.10. The summed E-state index contributed by atoms with van der Waals surface area (Å²) in [5.41, 5.74) is 4.19. The topological polar surface area (TPSA) is 176 Å². The molecule has 0 aliphatic carbocycles. The van der Waals surface area contributed by atoms with Crippen molar-refractivity contribution >= 4 is 28.9 Å². The fraction of sp³-hybridized carbons (Fsp3) is 0.324. The first kappa shape index (κ1) is 31.4. The molecule has 0 bridgehead atoms. The lowest BCUT2D eigenvalue weighted by molar-refractivity contribution is -0.149. The molecule has 6 rings (SSSR count). The Morgan fingerprint density at radius 3 is 2.49 bits per heavy atom. The van der Waals surface area contributed by atoms with Gasteiger partial charge in [0.25, 0.3) is 0 Å². The average molecular weight is 638 g/mol. The van der Waals surface area contributed by atoms with Crippen LogP contribution in [0.4, 0.5) is 0 Å². The number of tetrazole rings is 1. The number of H-pyrrole nitrogens is 1. The summed E-state index contributed by atoms with van der Waals surface area (Å²) in [6, 6.07) is 17.8. The van der Waals surface area contributed by atoms with Crippen molar-refractivity contribution in [3.8, 4) is 28.3 Å². The number of nitrogens with zero attached hydrogens (tertiary/aromatic N) is 6. The summed E-state index contributed by atoms with van der Waals surface area (Å²) < 4.78 is 7.89. The van der Waals surface area contributed by atoms with Gasteiger partial charge in [-0.1, -0.05) is 62.9 Å². The Balaban J connectivity index is 1.28. The Hall–Kier alpha value is -5.59. The van der Waals surface area contributed by atoms with E-state index < -0.39 is 30.1 Å². The summed E-state index contributed by atoms with van der Waals surface area (Å²) in [6.45, 7) is 2.21. The first-order valence-corrected chi connectivity index (χ1v) is 15.7. The molecule has 3 aromatic carbocycles. The van der Waals surface area contributed by atoms with Crippen LogP contribution < -0.4 is 4.74 Å². The number of hydrogen-bond donors (Lipinski definition) is 3. The number of likely N-dealkylation sites (tertiary alicyclic amines) is 1. The summed E-state index contributed by atoms with van der Waals surface area (Å²) in [7, 11) is 0. The fourth-order valence-electron chi connectivity index (χ4n) is 6.22. The molecule has 0 saturated carbocycles. The van der Waals surface area contributed by atoms with E-state index in [1.54, 1.807) is 6.33 Å². The Kier molecular flexibility index (Phi) is 9.23. The van der Waals surface area contributed by atoms with E-state index in [0.29, 0.717) is 23.5 Å². The molecule has 13 nitrogen and oxygen atoms in total. The molecule has 1 amide bonds. The molecule has 3 atom stereocenters. The molecule has 2 aromatic heterocycles. The minimum Gasteiger partial charge on any atom is -0.488 e. The number of carbonyl (C=O) groups is 3. The SMILES string of the molecule is CCCCCCC(C(=O)N1C[C@@H](Oc2ccc(C(=O)O)cc2)C[C@H]1C(=O)O)n1cnc2cc(-c3ccccc3-c3nn[nH]n3)ccc21. The van der Waals surface area contributed by atoms with Gasteiger partial charge in [-0.2, -0.15) is 5.21 Å². The van der Waals surface area contributed by atoms with Crippen LogP contribution in [0.5, 0.6) is 5.75 Å². The zero-order valence-electron chi connectivity index (χ0n) is 25.8. The fourth-order valence-corrected chi connectivity index (χ4v) is 6.22. The van der Waals surface area contributed by atoms with E-state index in [1.165, 1.54) is 29.2 Å². The van der Waals surface area contributed by atoms with Gasteiger partial charge >= 0.3 is 11.9 Å². The third kappa shape index (κ3) is 6.69. The van der Waals surface area contributed by atoms with E-state index >= 15 is 0 Å². The number of amides is 1. The molecule has 1 fully saturated rings. The van der Waals surface area contributed by atoms with Gasteiger partial charge in [0.05, 0.1) is 29.5 Å². The van der Waals surface area contributed by atoms with Crippen LogP contribution >= 0.6 is 0 Å². The molecule has 1 unspecified atom stereocenters. The number of carboxylic acid groups (broad SMARTS) is 2. The highest BCUT2D eigenvalue weighted by molar-refractivity contribution is 5.91. The lowest BCUT2D eigenvalue weighted by Gasteiger charge is -2.28. The quantitative estimate of drug-likeness (QED) is 0.145. The molecule has 13 heteroatoms. The van der Waals surface area contributed by atoms with Crippen LogP contribution in [0, 0.1) is 0 Å². The van der Waals surface area contributed by atoms with Gasteiger partial charge in [0.1, 0.15) is 23.9 Å². The number of unbranched alkanes of at least 4 members (excludes halogenated alkanes) is 3. The highest BCUT2D eigenvalue weighted by Gasteiger charge is 2.43. The molecular formula is C34H35N7O6. The normalized spacial score (nSPS) is 16.7.